The monoisotopic (exact) mass is 378 g/mol. The van der Waals surface area contributed by atoms with E-state index in [-0.39, 0.29) is 30.5 Å². The van der Waals surface area contributed by atoms with Crippen LogP contribution in [0.1, 0.15) is 56.1 Å². The van der Waals surface area contributed by atoms with Crippen LogP contribution in [0.5, 0.6) is 0 Å². The predicted octanol–water partition coefficient (Wildman–Crippen LogP) is 4.65. The van der Waals surface area contributed by atoms with Crippen LogP contribution in [-0.4, -0.2) is 28.1 Å². The minimum absolute atomic E-state index is 0.130. The van der Waals surface area contributed by atoms with Crippen LogP contribution in [0.25, 0.3) is 6.08 Å². The molecule has 0 heterocycles. The second kappa shape index (κ2) is 9.89. The SMILES string of the molecule is Cc1cc(Cl)ccc1/C=C/C1C(O)CC(=O)C1CCCCCCC(=O)O. The van der Waals surface area contributed by atoms with Crippen LogP contribution < -0.4 is 0 Å². The largest absolute Gasteiger partial charge is 0.481 e. The number of hydrogen-bond donors (Lipinski definition) is 2. The number of carboxylic acids is 1. The van der Waals surface area contributed by atoms with Gasteiger partial charge in [0.25, 0.3) is 0 Å². The van der Waals surface area contributed by atoms with Crippen molar-refractivity contribution in [2.45, 2.75) is 58.0 Å². The van der Waals surface area contributed by atoms with Crippen molar-refractivity contribution in [1.82, 2.24) is 0 Å². The van der Waals surface area contributed by atoms with Gasteiger partial charge in [0.15, 0.2) is 0 Å². The van der Waals surface area contributed by atoms with Crippen molar-refractivity contribution in [2.75, 3.05) is 0 Å². The average molecular weight is 379 g/mol. The molecular weight excluding hydrogens is 352 g/mol. The highest BCUT2D eigenvalue weighted by Crippen LogP contribution is 2.35. The summed E-state index contributed by atoms with van der Waals surface area (Å²) in [6.45, 7) is 1.98. The fourth-order valence-corrected chi connectivity index (χ4v) is 3.85. The summed E-state index contributed by atoms with van der Waals surface area (Å²) < 4.78 is 0. The molecule has 0 amide bonds. The molecule has 0 radical (unpaired) electrons. The number of aliphatic hydroxyl groups excluding tert-OH is 1. The van der Waals surface area contributed by atoms with Crippen LogP contribution >= 0.6 is 11.6 Å². The summed E-state index contributed by atoms with van der Waals surface area (Å²) >= 11 is 5.98. The molecule has 4 nitrogen and oxygen atoms in total. The second-order valence-electron chi connectivity index (χ2n) is 7.13. The van der Waals surface area contributed by atoms with Crippen LogP contribution in [-0.2, 0) is 9.59 Å². The molecule has 2 N–H and O–H groups in total. The average Bonchev–Trinajstić information content (AvgIpc) is 2.83. The third kappa shape index (κ3) is 5.96. The number of rotatable bonds is 9. The number of aliphatic carboxylic acids is 1. The lowest BCUT2D eigenvalue weighted by Gasteiger charge is -2.17. The Hall–Kier alpha value is -1.65. The number of benzene rings is 1. The van der Waals surface area contributed by atoms with Gasteiger partial charge in [0.05, 0.1) is 6.10 Å². The van der Waals surface area contributed by atoms with Crippen molar-refractivity contribution in [3.8, 4) is 0 Å². The maximum atomic E-state index is 12.2. The Morgan fingerprint density at radius 3 is 2.69 bits per heavy atom. The van der Waals surface area contributed by atoms with Gasteiger partial charge >= 0.3 is 5.97 Å². The first-order chi connectivity index (χ1) is 12.4. The molecule has 1 aromatic rings. The molecule has 1 aromatic carbocycles. The van der Waals surface area contributed by atoms with Gasteiger partial charge in [-0.2, -0.15) is 0 Å². The van der Waals surface area contributed by atoms with Crippen molar-refractivity contribution < 1.29 is 19.8 Å². The minimum atomic E-state index is -0.762. The molecule has 0 spiro atoms. The van der Waals surface area contributed by atoms with E-state index in [9.17, 15) is 14.7 Å². The van der Waals surface area contributed by atoms with Gasteiger partial charge in [0.2, 0.25) is 0 Å². The van der Waals surface area contributed by atoms with E-state index in [2.05, 4.69) is 0 Å². The van der Waals surface area contributed by atoms with Crippen LogP contribution in [0.3, 0.4) is 0 Å². The molecule has 0 aromatic heterocycles. The van der Waals surface area contributed by atoms with Gasteiger partial charge in [-0.15, -0.1) is 0 Å². The van der Waals surface area contributed by atoms with Crippen molar-refractivity contribution in [2.24, 2.45) is 11.8 Å². The molecule has 1 aliphatic rings. The number of aliphatic hydroxyl groups is 1. The summed E-state index contributed by atoms with van der Waals surface area (Å²) in [5.41, 5.74) is 2.09. The number of carboxylic acid groups (broad SMARTS) is 1. The first-order valence-electron chi connectivity index (χ1n) is 9.25. The molecule has 26 heavy (non-hydrogen) atoms. The Labute approximate surface area is 159 Å². The summed E-state index contributed by atoms with van der Waals surface area (Å²) in [5.74, 6) is -0.933. The molecule has 3 atom stereocenters. The highest BCUT2D eigenvalue weighted by Gasteiger charge is 2.39. The lowest BCUT2D eigenvalue weighted by molar-refractivity contribution is -0.137. The maximum absolute atomic E-state index is 12.2. The molecule has 0 saturated heterocycles. The topological polar surface area (TPSA) is 74.6 Å². The molecule has 5 heteroatoms. The van der Waals surface area contributed by atoms with Crippen LogP contribution in [0.2, 0.25) is 5.02 Å². The van der Waals surface area contributed by atoms with E-state index >= 15 is 0 Å². The van der Waals surface area contributed by atoms with E-state index in [0.717, 1.165) is 36.8 Å². The third-order valence-corrected chi connectivity index (χ3v) is 5.35. The number of carbonyl (C=O) groups excluding carboxylic acids is 1. The third-order valence-electron chi connectivity index (χ3n) is 5.12. The molecule has 142 valence electrons. The fraction of sp³-hybridized carbons (Fsp3) is 0.524. The Morgan fingerprint density at radius 1 is 1.27 bits per heavy atom. The molecule has 1 fully saturated rings. The Morgan fingerprint density at radius 2 is 2.00 bits per heavy atom. The number of halogens is 1. The van der Waals surface area contributed by atoms with E-state index < -0.39 is 12.1 Å². The zero-order valence-electron chi connectivity index (χ0n) is 15.2. The zero-order valence-corrected chi connectivity index (χ0v) is 15.9. The normalized spacial score (nSPS) is 23.0. The number of hydrogen-bond acceptors (Lipinski definition) is 3. The minimum Gasteiger partial charge on any atom is -0.481 e. The van der Waals surface area contributed by atoms with Gasteiger partial charge in [-0.1, -0.05) is 49.1 Å². The van der Waals surface area contributed by atoms with E-state index in [1.54, 1.807) is 0 Å². The van der Waals surface area contributed by atoms with E-state index in [1.165, 1.54) is 0 Å². The standard InChI is InChI=1S/C21H27ClO4/c1-14-12-16(22)10-8-15(14)9-11-18-17(19(23)13-20(18)24)6-4-2-3-5-7-21(25)26/h8-12,17-18,20,24H,2-7,13H2,1H3,(H,25,26)/b11-9+. The smallest absolute Gasteiger partial charge is 0.303 e. The molecule has 0 bridgehead atoms. The van der Waals surface area contributed by atoms with Gasteiger partial charge in [-0.05, 0) is 43.0 Å². The van der Waals surface area contributed by atoms with Crippen molar-refractivity contribution in [3.05, 3.63) is 40.4 Å². The number of ketones is 1. The number of aryl methyl sites for hydroxylation is 1. The van der Waals surface area contributed by atoms with Crippen LogP contribution in [0.15, 0.2) is 24.3 Å². The number of Topliss-reactive ketones (excluding diaryl/α,β-unsaturated/α-hetero) is 1. The molecule has 2 rings (SSSR count). The second-order valence-corrected chi connectivity index (χ2v) is 7.56. The lowest BCUT2D eigenvalue weighted by atomic mass is 9.88. The van der Waals surface area contributed by atoms with Crippen molar-refractivity contribution in [3.63, 3.8) is 0 Å². The van der Waals surface area contributed by atoms with Gasteiger partial charge in [0.1, 0.15) is 5.78 Å². The van der Waals surface area contributed by atoms with Gasteiger partial charge in [-0.3, -0.25) is 9.59 Å². The van der Waals surface area contributed by atoms with E-state index in [1.807, 2.05) is 37.3 Å². The van der Waals surface area contributed by atoms with E-state index in [0.29, 0.717) is 11.4 Å². The summed E-state index contributed by atoms with van der Waals surface area (Å²) in [5, 5.41) is 19.6. The van der Waals surface area contributed by atoms with Crippen LogP contribution in [0.4, 0.5) is 0 Å². The van der Waals surface area contributed by atoms with Gasteiger partial charge in [-0.25, -0.2) is 0 Å². The summed E-state index contributed by atoms with van der Waals surface area (Å²) in [4.78, 5) is 22.7. The highest BCUT2D eigenvalue weighted by atomic mass is 35.5. The Kier molecular flexibility index (Phi) is 7.85. The quantitative estimate of drug-likeness (QED) is 0.613. The molecule has 1 aliphatic carbocycles. The summed E-state index contributed by atoms with van der Waals surface area (Å²) in [6, 6.07) is 5.67. The van der Waals surface area contributed by atoms with E-state index in [4.69, 9.17) is 16.7 Å². The molecular formula is C21H27ClO4. The molecule has 0 aliphatic heterocycles. The number of unbranched alkanes of at least 4 members (excludes halogenated alkanes) is 3. The summed E-state index contributed by atoms with van der Waals surface area (Å²) in [7, 11) is 0. The molecule has 1 saturated carbocycles. The van der Waals surface area contributed by atoms with Gasteiger partial charge in [0, 0.05) is 29.7 Å². The highest BCUT2D eigenvalue weighted by molar-refractivity contribution is 6.30. The Balaban J connectivity index is 1.91. The van der Waals surface area contributed by atoms with Crippen molar-refractivity contribution in [1.29, 1.82) is 0 Å². The summed E-state index contributed by atoms with van der Waals surface area (Å²) in [6.07, 6.45) is 7.81. The van der Waals surface area contributed by atoms with Crippen molar-refractivity contribution >= 4 is 29.4 Å². The lowest BCUT2D eigenvalue weighted by Crippen LogP contribution is -2.18. The Bertz CT molecular complexity index is 668. The fourth-order valence-electron chi connectivity index (χ4n) is 3.63. The zero-order chi connectivity index (χ0) is 19.1. The first-order valence-corrected chi connectivity index (χ1v) is 9.63. The maximum Gasteiger partial charge on any atom is 0.303 e. The van der Waals surface area contributed by atoms with Gasteiger partial charge < -0.3 is 10.2 Å². The predicted molar refractivity (Wildman–Crippen MR) is 103 cm³/mol. The molecule has 3 unspecified atom stereocenters. The first kappa shape index (κ1) is 20.7. The van der Waals surface area contributed by atoms with Crippen LogP contribution in [0, 0.1) is 18.8 Å². The number of carbonyl (C=O) groups is 2.